The quantitative estimate of drug-likeness (QED) is 0.622. The Morgan fingerprint density at radius 3 is 2.65 bits per heavy atom. The molecule has 0 bridgehead atoms. The molecule has 3 nitrogen and oxygen atoms in total. The largest absolute Gasteiger partial charge is 0.294 e. The minimum absolute atomic E-state index is 0.266. The van der Waals surface area contributed by atoms with Crippen molar-refractivity contribution in [3.05, 3.63) is 81.3 Å². The number of halogens is 3. The van der Waals surface area contributed by atoms with Crippen molar-refractivity contribution >= 4 is 23.2 Å². The maximum atomic E-state index is 14.0. The van der Waals surface area contributed by atoms with E-state index in [9.17, 15) is 4.39 Å². The van der Waals surface area contributed by atoms with Crippen LogP contribution >= 0.6 is 23.2 Å². The summed E-state index contributed by atoms with van der Waals surface area (Å²) in [5.74, 6) is 0.434. The molecular formula is C20H16Cl2FN3. The van der Waals surface area contributed by atoms with Crippen LogP contribution in [-0.2, 0) is 19.5 Å². The van der Waals surface area contributed by atoms with Gasteiger partial charge in [0.2, 0.25) is 0 Å². The van der Waals surface area contributed by atoms with E-state index in [4.69, 9.17) is 28.2 Å². The highest BCUT2D eigenvalue weighted by Gasteiger charge is 2.20. The third-order valence-corrected chi connectivity index (χ3v) is 5.16. The number of nitrogens with zero attached hydrogens (tertiary/aromatic N) is 3. The third-order valence-electron chi connectivity index (χ3n) is 4.56. The number of hydrogen-bond donors (Lipinski definition) is 0. The molecular weight excluding hydrogens is 372 g/mol. The summed E-state index contributed by atoms with van der Waals surface area (Å²) in [4.78, 5) is 11.4. The molecule has 6 heteroatoms. The molecule has 132 valence electrons. The molecule has 0 saturated heterocycles. The lowest BCUT2D eigenvalue weighted by Gasteiger charge is -2.28. The Balaban J connectivity index is 1.54. The van der Waals surface area contributed by atoms with Crippen LogP contribution in [0.4, 0.5) is 4.39 Å². The predicted molar refractivity (Wildman–Crippen MR) is 102 cm³/mol. The molecule has 1 aromatic heterocycles. The van der Waals surface area contributed by atoms with Crippen LogP contribution in [0.1, 0.15) is 16.8 Å². The van der Waals surface area contributed by atoms with Gasteiger partial charge in [-0.05, 0) is 36.4 Å². The van der Waals surface area contributed by atoms with Crippen LogP contribution in [0, 0.1) is 5.82 Å². The number of rotatable bonds is 3. The Morgan fingerprint density at radius 2 is 1.88 bits per heavy atom. The van der Waals surface area contributed by atoms with E-state index in [1.807, 2.05) is 30.5 Å². The van der Waals surface area contributed by atoms with Crippen molar-refractivity contribution in [1.29, 1.82) is 0 Å². The summed E-state index contributed by atoms with van der Waals surface area (Å²) in [5.41, 5.74) is 3.59. The first-order valence-corrected chi connectivity index (χ1v) is 9.12. The van der Waals surface area contributed by atoms with Gasteiger partial charge in [-0.3, -0.25) is 4.90 Å². The molecule has 0 radical (unpaired) electrons. The molecule has 0 unspecified atom stereocenters. The monoisotopic (exact) mass is 387 g/mol. The number of hydrogen-bond acceptors (Lipinski definition) is 3. The van der Waals surface area contributed by atoms with Gasteiger partial charge in [-0.25, -0.2) is 14.4 Å². The average molecular weight is 388 g/mol. The second-order valence-electron chi connectivity index (χ2n) is 6.33. The SMILES string of the molecule is Fc1cccc(Cl)c1CN1CCc2nc(-c3ccc(Cl)cc3)ncc2C1. The van der Waals surface area contributed by atoms with E-state index in [1.54, 1.807) is 12.1 Å². The second kappa shape index (κ2) is 7.31. The van der Waals surface area contributed by atoms with E-state index >= 15 is 0 Å². The maximum Gasteiger partial charge on any atom is 0.159 e. The standard InChI is InChI=1S/C20H16Cl2FN3/c21-15-6-4-13(5-7-15)20-24-10-14-11-26(9-8-19(14)25-20)12-16-17(22)2-1-3-18(16)23/h1-7,10H,8-9,11-12H2. The zero-order chi connectivity index (χ0) is 18.1. The molecule has 1 aliphatic heterocycles. The summed E-state index contributed by atoms with van der Waals surface area (Å²) in [6.07, 6.45) is 2.66. The summed E-state index contributed by atoms with van der Waals surface area (Å²) in [6, 6.07) is 12.3. The van der Waals surface area contributed by atoms with E-state index in [0.717, 1.165) is 29.8 Å². The van der Waals surface area contributed by atoms with Gasteiger partial charge in [0.15, 0.2) is 5.82 Å². The van der Waals surface area contributed by atoms with Gasteiger partial charge in [0, 0.05) is 59.0 Å². The second-order valence-corrected chi connectivity index (χ2v) is 7.18. The van der Waals surface area contributed by atoms with Crippen LogP contribution in [-0.4, -0.2) is 21.4 Å². The average Bonchev–Trinajstić information content (AvgIpc) is 2.65. The smallest absolute Gasteiger partial charge is 0.159 e. The molecule has 0 fully saturated rings. The Hall–Kier alpha value is -2.01. The predicted octanol–water partition coefficient (Wildman–Crippen LogP) is 5.15. The number of aromatic nitrogens is 2. The minimum atomic E-state index is -0.266. The Labute approximate surface area is 161 Å². The van der Waals surface area contributed by atoms with Gasteiger partial charge < -0.3 is 0 Å². The van der Waals surface area contributed by atoms with Crippen molar-refractivity contribution in [1.82, 2.24) is 14.9 Å². The lowest BCUT2D eigenvalue weighted by Crippen LogP contribution is -2.31. The molecule has 3 aromatic rings. The molecule has 0 saturated carbocycles. The van der Waals surface area contributed by atoms with Crippen LogP contribution in [0.25, 0.3) is 11.4 Å². The zero-order valence-electron chi connectivity index (χ0n) is 13.9. The molecule has 0 amide bonds. The summed E-state index contributed by atoms with van der Waals surface area (Å²) < 4.78 is 14.0. The van der Waals surface area contributed by atoms with Crippen molar-refractivity contribution in [2.24, 2.45) is 0 Å². The maximum absolute atomic E-state index is 14.0. The van der Waals surface area contributed by atoms with Gasteiger partial charge in [-0.2, -0.15) is 0 Å². The first-order chi connectivity index (χ1) is 12.6. The molecule has 2 aromatic carbocycles. The van der Waals surface area contributed by atoms with E-state index in [0.29, 0.717) is 34.5 Å². The van der Waals surface area contributed by atoms with Gasteiger partial charge in [0.25, 0.3) is 0 Å². The first kappa shape index (κ1) is 17.4. The third kappa shape index (κ3) is 3.58. The number of benzene rings is 2. The van der Waals surface area contributed by atoms with Gasteiger partial charge in [-0.1, -0.05) is 29.3 Å². The number of fused-ring (bicyclic) bond motifs is 1. The molecule has 0 atom stereocenters. The summed E-state index contributed by atoms with van der Waals surface area (Å²) in [6.45, 7) is 1.96. The van der Waals surface area contributed by atoms with Crippen molar-refractivity contribution in [3.8, 4) is 11.4 Å². The van der Waals surface area contributed by atoms with E-state index in [2.05, 4.69) is 9.88 Å². The summed E-state index contributed by atoms with van der Waals surface area (Å²) in [5, 5.41) is 1.15. The molecule has 0 aliphatic carbocycles. The molecule has 2 heterocycles. The fourth-order valence-corrected chi connectivity index (χ4v) is 3.50. The minimum Gasteiger partial charge on any atom is -0.294 e. The van der Waals surface area contributed by atoms with Gasteiger partial charge in [-0.15, -0.1) is 0 Å². The Morgan fingerprint density at radius 1 is 1.08 bits per heavy atom. The molecule has 0 spiro atoms. The van der Waals surface area contributed by atoms with E-state index in [1.165, 1.54) is 6.07 Å². The van der Waals surface area contributed by atoms with Crippen LogP contribution in [0.3, 0.4) is 0 Å². The van der Waals surface area contributed by atoms with Crippen molar-refractivity contribution in [3.63, 3.8) is 0 Å². The molecule has 4 rings (SSSR count). The van der Waals surface area contributed by atoms with E-state index in [-0.39, 0.29) is 5.82 Å². The van der Waals surface area contributed by atoms with E-state index < -0.39 is 0 Å². The fourth-order valence-electron chi connectivity index (χ4n) is 3.15. The molecule has 26 heavy (non-hydrogen) atoms. The van der Waals surface area contributed by atoms with Crippen molar-refractivity contribution < 1.29 is 4.39 Å². The normalized spacial score (nSPS) is 14.3. The Kier molecular flexibility index (Phi) is 4.90. The first-order valence-electron chi connectivity index (χ1n) is 8.36. The lowest BCUT2D eigenvalue weighted by molar-refractivity contribution is 0.239. The van der Waals surface area contributed by atoms with Crippen LogP contribution in [0.15, 0.2) is 48.7 Å². The highest BCUT2D eigenvalue weighted by molar-refractivity contribution is 6.31. The van der Waals surface area contributed by atoms with Crippen LogP contribution in [0.5, 0.6) is 0 Å². The van der Waals surface area contributed by atoms with Gasteiger partial charge in [0.1, 0.15) is 5.82 Å². The lowest BCUT2D eigenvalue weighted by atomic mass is 10.1. The summed E-state index contributed by atoms with van der Waals surface area (Å²) in [7, 11) is 0. The van der Waals surface area contributed by atoms with Crippen molar-refractivity contribution in [2.45, 2.75) is 19.5 Å². The van der Waals surface area contributed by atoms with Gasteiger partial charge >= 0.3 is 0 Å². The Bertz CT molecular complexity index is 924. The summed E-state index contributed by atoms with van der Waals surface area (Å²) >= 11 is 12.1. The highest BCUT2D eigenvalue weighted by atomic mass is 35.5. The zero-order valence-corrected chi connectivity index (χ0v) is 15.4. The van der Waals surface area contributed by atoms with Crippen molar-refractivity contribution in [2.75, 3.05) is 6.54 Å². The topological polar surface area (TPSA) is 29.0 Å². The highest BCUT2D eigenvalue weighted by Crippen LogP contribution is 2.26. The fraction of sp³-hybridized carbons (Fsp3) is 0.200. The molecule has 0 N–H and O–H groups in total. The van der Waals surface area contributed by atoms with Gasteiger partial charge in [0.05, 0.1) is 5.69 Å². The van der Waals surface area contributed by atoms with Crippen LogP contribution in [0.2, 0.25) is 10.0 Å². The van der Waals surface area contributed by atoms with Crippen LogP contribution < -0.4 is 0 Å². The molecule has 1 aliphatic rings.